The van der Waals surface area contributed by atoms with E-state index in [-0.39, 0.29) is 17.4 Å². The molecule has 2 heterocycles. The summed E-state index contributed by atoms with van der Waals surface area (Å²) in [5.74, 6) is 0.525. The number of rotatable bonds is 4. The topological polar surface area (TPSA) is 72.7 Å². The van der Waals surface area contributed by atoms with Crippen molar-refractivity contribution in [2.75, 3.05) is 0 Å². The van der Waals surface area contributed by atoms with Gasteiger partial charge in [0.15, 0.2) is 0 Å². The van der Waals surface area contributed by atoms with Gasteiger partial charge in [0.05, 0.1) is 23.6 Å². The molecule has 0 radical (unpaired) electrons. The molecular formula is C16H23N5O. The van der Waals surface area contributed by atoms with Crippen molar-refractivity contribution in [2.24, 2.45) is 5.41 Å². The molecular weight excluding hydrogens is 278 g/mol. The lowest BCUT2D eigenvalue weighted by Gasteiger charge is -2.32. The highest BCUT2D eigenvalue weighted by atomic mass is 16.1. The molecule has 2 aromatic rings. The lowest BCUT2D eigenvalue weighted by Crippen LogP contribution is -2.46. The number of amides is 1. The third kappa shape index (κ3) is 3.90. The first-order chi connectivity index (χ1) is 10.3. The predicted octanol–water partition coefficient (Wildman–Crippen LogP) is 2.13. The molecule has 0 aliphatic carbocycles. The zero-order valence-corrected chi connectivity index (χ0v) is 13.8. The van der Waals surface area contributed by atoms with Gasteiger partial charge in [0.25, 0.3) is 5.91 Å². The number of hydrogen-bond acceptors (Lipinski definition) is 4. The van der Waals surface area contributed by atoms with Gasteiger partial charge < -0.3 is 9.88 Å². The van der Waals surface area contributed by atoms with E-state index in [1.807, 2.05) is 24.6 Å². The van der Waals surface area contributed by atoms with Crippen LogP contribution in [0.4, 0.5) is 0 Å². The molecule has 0 saturated carbocycles. The number of carbonyl (C=O) groups is 1. The SMILES string of the molecule is Cc1ncc(C(=O)N[C@H](Cn2ccnc2)C(C)(C)C)c(C)n1. The summed E-state index contributed by atoms with van der Waals surface area (Å²) in [5.41, 5.74) is 1.13. The highest BCUT2D eigenvalue weighted by Gasteiger charge is 2.27. The molecule has 2 aromatic heterocycles. The summed E-state index contributed by atoms with van der Waals surface area (Å²) in [6.45, 7) is 10.6. The molecule has 0 aliphatic rings. The van der Waals surface area contributed by atoms with Gasteiger partial charge in [-0.3, -0.25) is 4.79 Å². The first-order valence-electron chi connectivity index (χ1n) is 7.34. The normalized spacial score (nSPS) is 13.0. The van der Waals surface area contributed by atoms with E-state index in [9.17, 15) is 4.79 Å². The second kappa shape index (κ2) is 6.25. The van der Waals surface area contributed by atoms with Gasteiger partial charge in [-0.25, -0.2) is 15.0 Å². The van der Waals surface area contributed by atoms with Crippen LogP contribution in [-0.4, -0.2) is 31.5 Å². The van der Waals surface area contributed by atoms with Crippen LogP contribution < -0.4 is 5.32 Å². The summed E-state index contributed by atoms with van der Waals surface area (Å²) >= 11 is 0. The van der Waals surface area contributed by atoms with Crippen molar-refractivity contribution in [3.05, 3.63) is 42.0 Å². The number of hydrogen-bond donors (Lipinski definition) is 1. The zero-order chi connectivity index (χ0) is 16.3. The Morgan fingerprint density at radius 3 is 2.64 bits per heavy atom. The van der Waals surface area contributed by atoms with E-state index in [1.54, 1.807) is 18.7 Å². The molecule has 1 atom stereocenters. The van der Waals surface area contributed by atoms with Crippen molar-refractivity contribution in [3.8, 4) is 0 Å². The Morgan fingerprint density at radius 1 is 1.36 bits per heavy atom. The van der Waals surface area contributed by atoms with Crippen molar-refractivity contribution in [1.82, 2.24) is 24.8 Å². The number of nitrogens with zero attached hydrogens (tertiary/aromatic N) is 4. The lowest BCUT2D eigenvalue weighted by molar-refractivity contribution is 0.0891. The Hall–Kier alpha value is -2.24. The second-order valence-electron chi connectivity index (χ2n) is 6.57. The number of nitrogens with one attached hydrogen (secondary N) is 1. The van der Waals surface area contributed by atoms with Crippen molar-refractivity contribution in [1.29, 1.82) is 0 Å². The van der Waals surface area contributed by atoms with Crippen molar-refractivity contribution in [3.63, 3.8) is 0 Å². The zero-order valence-electron chi connectivity index (χ0n) is 13.8. The Morgan fingerprint density at radius 2 is 2.09 bits per heavy atom. The minimum Gasteiger partial charge on any atom is -0.347 e. The van der Waals surface area contributed by atoms with E-state index in [0.717, 1.165) is 0 Å². The minimum atomic E-state index is -0.141. The van der Waals surface area contributed by atoms with E-state index in [2.05, 4.69) is 41.0 Å². The third-order valence-electron chi connectivity index (χ3n) is 3.65. The van der Waals surface area contributed by atoms with Crippen LogP contribution in [0.1, 0.15) is 42.6 Å². The van der Waals surface area contributed by atoms with Gasteiger partial charge in [0.2, 0.25) is 0 Å². The Labute approximate surface area is 131 Å². The molecule has 0 fully saturated rings. The van der Waals surface area contributed by atoms with Crippen LogP contribution in [0.2, 0.25) is 0 Å². The molecule has 1 amide bonds. The highest BCUT2D eigenvalue weighted by Crippen LogP contribution is 2.21. The summed E-state index contributed by atoms with van der Waals surface area (Å²) in [6, 6.07) is -0.0325. The van der Waals surface area contributed by atoms with E-state index in [0.29, 0.717) is 23.6 Å². The van der Waals surface area contributed by atoms with E-state index in [1.165, 1.54) is 0 Å². The summed E-state index contributed by atoms with van der Waals surface area (Å²) in [7, 11) is 0. The maximum Gasteiger partial charge on any atom is 0.254 e. The average Bonchev–Trinajstić information content (AvgIpc) is 2.89. The van der Waals surface area contributed by atoms with Crippen molar-refractivity contribution in [2.45, 2.75) is 47.2 Å². The van der Waals surface area contributed by atoms with Gasteiger partial charge in [-0.2, -0.15) is 0 Å². The predicted molar refractivity (Wildman–Crippen MR) is 84.4 cm³/mol. The summed E-state index contributed by atoms with van der Waals surface area (Å²) in [4.78, 5) is 25.0. The quantitative estimate of drug-likeness (QED) is 0.939. The molecule has 0 aromatic carbocycles. The van der Waals surface area contributed by atoms with Crippen LogP contribution in [0.5, 0.6) is 0 Å². The van der Waals surface area contributed by atoms with Gasteiger partial charge >= 0.3 is 0 Å². The number of imidazole rings is 1. The lowest BCUT2D eigenvalue weighted by atomic mass is 9.86. The van der Waals surface area contributed by atoms with Crippen LogP contribution in [0.3, 0.4) is 0 Å². The molecule has 0 bridgehead atoms. The Balaban J connectivity index is 2.17. The van der Waals surface area contributed by atoms with Gasteiger partial charge in [-0.05, 0) is 19.3 Å². The fourth-order valence-corrected chi connectivity index (χ4v) is 2.18. The van der Waals surface area contributed by atoms with E-state index >= 15 is 0 Å². The van der Waals surface area contributed by atoms with Gasteiger partial charge in [0.1, 0.15) is 5.82 Å². The van der Waals surface area contributed by atoms with E-state index < -0.39 is 0 Å². The summed E-state index contributed by atoms with van der Waals surface area (Å²) < 4.78 is 1.97. The molecule has 0 aliphatic heterocycles. The Bertz CT molecular complexity index is 643. The van der Waals surface area contributed by atoms with Crippen molar-refractivity contribution < 1.29 is 4.79 Å². The van der Waals surface area contributed by atoms with E-state index in [4.69, 9.17) is 0 Å². The molecule has 118 valence electrons. The standard InChI is InChI=1S/C16H23N5O/c1-11-13(8-18-12(2)19-11)15(22)20-14(16(3,4)5)9-21-7-6-17-10-21/h6-8,10,14H,9H2,1-5H3,(H,20,22)/t14-/m1/s1. The molecule has 6 nitrogen and oxygen atoms in total. The van der Waals surface area contributed by atoms with Gasteiger partial charge in [-0.1, -0.05) is 20.8 Å². The molecule has 6 heteroatoms. The second-order valence-corrected chi connectivity index (χ2v) is 6.57. The van der Waals surface area contributed by atoms with Crippen molar-refractivity contribution >= 4 is 5.91 Å². The van der Waals surface area contributed by atoms with Gasteiger partial charge in [0, 0.05) is 25.1 Å². The Kier molecular flexibility index (Phi) is 4.59. The maximum atomic E-state index is 12.5. The highest BCUT2D eigenvalue weighted by molar-refractivity contribution is 5.95. The molecule has 0 saturated heterocycles. The molecule has 2 rings (SSSR count). The number of aromatic nitrogens is 4. The summed E-state index contributed by atoms with van der Waals surface area (Å²) in [5, 5.41) is 3.10. The van der Waals surface area contributed by atoms with Crippen LogP contribution in [0, 0.1) is 19.3 Å². The molecule has 0 unspecified atom stereocenters. The fourth-order valence-electron chi connectivity index (χ4n) is 2.18. The smallest absolute Gasteiger partial charge is 0.254 e. The van der Waals surface area contributed by atoms with Crippen LogP contribution >= 0.6 is 0 Å². The first kappa shape index (κ1) is 16.1. The van der Waals surface area contributed by atoms with Crippen LogP contribution in [0.25, 0.3) is 0 Å². The third-order valence-corrected chi connectivity index (χ3v) is 3.65. The number of carbonyl (C=O) groups excluding carboxylic acids is 1. The molecule has 22 heavy (non-hydrogen) atoms. The fraction of sp³-hybridized carbons (Fsp3) is 0.500. The molecule has 0 spiro atoms. The van der Waals surface area contributed by atoms with Crippen LogP contribution in [-0.2, 0) is 6.54 Å². The minimum absolute atomic E-state index is 0.0325. The average molecular weight is 301 g/mol. The maximum absolute atomic E-state index is 12.5. The largest absolute Gasteiger partial charge is 0.347 e. The number of aryl methyl sites for hydroxylation is 2. The summed E-state index contributed by atoms with van der Waals surface area (Å²) in [6.07, 6.45) is 6.97. The monoisotopic (exact) mass is 301 g/mol. The van der Waals surface area contributed by atoms with Gasteiger partial charge in [-0.15, -0.1) is 0 Å². The molecule has 1 N–H and O–H groups in total. The van der Waals surface area contributed by atoms with Crippen LogP contribution in [0.15, 0.2) is 24.9 Å². The first-order valence-corrected chi connectivity index (χ1v) is 7.34.